The molecule has 2 N–H and O–H groups in total. The Labute approximate surface area is 115 Å². The molecule has 1 aromatic carbocycles. The number of anilines is 1. The molecule has 0 aliphatic heterocycles. The van der Waals surface area contributed by atoms with E-state index in [1.807, 2.05) is 13.0 Å². The number of aryl methyl sites for hydroxylation is 1. The molecule has 1 aromatic heterocycles. The maximum absolute atomic E-state index is 11.9. The minimum Gasteiger partial charge on any atom is -0.399 e. The fourth-order valence-electron chi connectivity index (χ4n) is 1.56. The normalized spacial score (nSPS) is 10.1. The maximum atomic E-state index is 11.9. The van der Waals surface area contributed by atoms with Crippen LogP contribution >= 0.6 is 0 Å². The van der Waals surface area contributed by atoms with Gasteiger partial charge >= 0.3 is 17.8 Å². The van der Waals surface area contributed by atoms with Crippen LogP contribution in [0.4, 0.5) is 6.01 Å². The molecule has 0 fully saturated rings. The van der Waals surface area contributed by atoms with Crippen LogP contribution in [0.2, 0.25) is 0 Å². The Morgan fingerprint density at radius 3 is 2.75 bits per heavy atom. The standard InChI is InChI=1S/C13H14N4O3/c1-3-14-11(19)12-16-17-13(20-12)15-10(18)9-6-4-5-8(2)7-9/h4-7H,3H2,1-2H3,(H,14,19)(H,15,17,18). The highest BCUT2D eigenvalue weighted by molar-refractivity contribution is 6.03. The fourth-order valence-corrected chi connectivity index (χ4v) is 1.56. The molecule has 1 heterocycles. The molecule has 7 nitrogen and oxygen atoms in total. The van der Waals surface area contributed by atoms with Gasteiger partial charge in [-0.05, 0) is 26.0 Å². The van der Waals surface area contributed by atoms with Crippen molar-refractivity contribution in [1.29, 1.82) is 0 Å². The molecule has 2 amide bonds. The van der Waals surface area contributed by atoms with Gasteiger partial charge in [0.05, 0.1) is 0 Å². The van der Waals surface area contributed by atoms with E-state index >= 15 is 0 Å². The molecule has 0 saturated carbocycles. The molecular formula is C13H14N4O3. The van der Waals surface area contributed by atoms with Gasteiger partial charge < -0.3 is 9.73 Å². The molecule has 0 atom stereocenters. The molecule has 0 unspecified atom stereocenters. The van der Waals surface area contributed by atoms with Crippen molar-refractivity contribution in [3.05, 3.63) is 41.3 Å². The lowest BCUT2D eigenvalue weighted by atomic mass is 10.1. The summed E-state index contributed by atoms with van der Waals surface area (Å²) < 4.78 is 5.05. The first kappa shape index (κ1) is 13.7. The van der Waals surface area contributed by atoms with Crippen molar-refractivity contribution in [2.75, 3.05) is 11.9 Å². The summed E-state index contributed by atoms with van der Waals surface area (Å²) in [5.74, 6) is -1.04. The van der Waals surface area contributed by atoms with Gasteiger partial charge in [0.15, 0.2) is 0 Å². The number of hydrogen-bond donors (Lipinski definition) is 2. The molecule has 104 valence electrons. The Kier molecular flexibility index (Phi) is 4.09. The predicted octanol–water partition coefficient (Wildman–Crippen LogP) is 1.38. The van der Waals surface area contributed by atoms with Crippen LogP contribution in [0.15, 0.2) is 28.7 Å². The molecule has 0 aliphatic rings. The van der Waals surface area contributed by atoms with Gasteiger partial charge in [-0.15, -0.1) is 5.10 Å². The van der Waals surface area contributed by atoms with Crippen molar-refractivity contribution in [3.8, 4) is 0 Å². The monoisotopic (exact) mass is 274 g/mol. The van der Waals surface area contributed by atoms with E-state index in [1.54, 1.807) is 25.1 Å². The first-order chi connectivity index (χ1) is 9.60. The average molecular weight is 274 g/mol. The van der Waals surface area contributed by atoms with E-state index in [0.717, 1.165) is 5.56 Å². The molecule has 2 aromatic rings. The predicted molar refractivity (Wildman–Crippen MR) is 71.4 cm³/mol. The second-order valence-electron chi connectivity index (χ2n) is 4.10. The van der Waals surface area contributed by atoms with Crippen molar-refractivity contribution in [3.63, 3.8) is 0 Å². The van der Waals surface area contributed by atoms with E-state index in [4.69, 9.17) is 4.42 Å². The number of carbonyl (C=O) groups excluding carboxylic acids is 2. The van der Waals surface area contributed by atoms with Crippen molar-refractivity contribution >= 4 is 17.8 Å². The number of hydrogen-bond acceptors (Lipinski definition) is 5. The minimum atomic E-state index is -0.476. The SMILES string of the molecule is CCNC(=O)c1nnc(NC(=O)c2cccc(C)c2)o1. The van der Waals surface area contributed by atoms with E-state index in [2.05, 4.69) is 20.8 Å². The first-order valence-corrected chi connectivity index (χ1v) is 6.10. The summed E-state index contributed by atoms with van der Waals surface area (Å²) in [5, 5.41) is 12.1. The Morgan fingerprint density at radius 1 is 1.25 bits per heavy atom. The topological polar surface area (TPSA) is 97.1 Å². The van der Waals surface area contributed by atoms with Crippen molar-refractivity contribution in [1.82, 2.24) is 15.5 Å². The van der Waals surface area contributed by atoms with Gasteiger partial charge in [-0.25, -0.2) is 0 Å². The largest absolute Gasteiger partial charge is 0.399 e. The lowest BCUT2D eigenvalue weighted by Crippen LogP contribution is -2.22. The summed E-state index contributed by atoms with van der Waals surface area (Å²) >= 11 is 0. The van der Waals surface area contributed by atoms with Gasteiger partial charge in [-0.1, -0.05) is 22.8 Å². The smallest absolute Gasteiger partial charge is 0.322 e. The Hall–Kier alpha value is -2.70. The highest BCUT2D eigenvalue weighted by atomic mass is 16.4. The number of nitrogens with one attached hydrogen (secondary N) is 2. The van der Waals surface area contributed by atoms with E-state index in [0.29, 0.717) is 12.1 Å². The summed E-state index contributed by atoms with van der Waals surface area (Å²) in [4.78, 5) is 23.4. The number of aromatic nitrogens is 2. The minimum absolute atomic E-state index is 0.113. The summed E-state index contributed by atoms with van der Waals surface area (Å²) in [5.41, 5.74) is 1.44. The summed E-state index contributed by atoms with van der Waals surface area (Å²) in [6, 6.07) is 6.95. The highest BCUT2D eigenvalue weighted by Crippen LogP contribution is 2.09. The van der Waals surface area contributed by atoms with Crippen LogP contribution in [0.5, 0.6) is 0 Å². The zero-order chi connectivity index (χ0) is 14.5. The zero-order valence-electron chi connectivity index (χ0n) is 11.1. The van der Waals surface area contributed by atoms with Gasteiger partial charge in [0.1, 0.15) is 0 Å². The van der Waals surface area contributed by atoms with Crippen molar-refractivity contribution in [2.45, 2.75) is 13.8 Å². The lowest BCUT2D eigenvalue weighted by Gasteiger charge is -2.01. The second-order valence-corrected chi connectivity index (χ2v) is 4.10. The molecule has 0 aliphatic carbocycles. The Morgan fingerprint density at radius 2 is 2.05 bits per heavy atom. The molecule has 7 heteroatoms. The molecule has 0 saturated heterocycles. The molecule has 0 bridgehead atoms. The number of rotatable bonds is 4. The van der Waals surface area contributed by atoms with Crippen LogP contribution in [-0.2, 0) is 0 Å². The van der Waals surface area contributed by atoms with E-state index < -0.39 is 5.91 Å². The van der Waals surface area contributed by atoms with Crippen LogP contribution in [0.1, 0.15) is 33.5 Å². The number of amides is 2. The van der Waals surface area contributed by atoms with Crippen LogP contribution in [0.25, 0.3) is 0 Å². The van der Waals surface area contributed by atoms with Gasteiger partial charge in [-0.2, -0.15) is 0 Å². The zero-order valence-corrected chi connectivity index (χ0v) is 11.1. The Balaban J connectivity index is 2.07. The molecule has 0 radical (unpaired) electrons. The number of nitrogens with zero attached hydrogens (tertiary/aromatic N) is 2. The summed E-state index contributed by atoms with van der Waals surface area (Å²) in [6.45, 7) is 4.11. The van der Waals surface area contributed by atoms with Crippen LogP contribution in [0, 0.1) is 6.92 Å². The average Bonchev–Trinajstić information content (AvgIpc) is 2.87. The van der Waals surface area contributed by atoms with Gasteiger partial charge in [0.25, 0.3) is 5.91 Å². The van der Waals surface area contributed by atoms with E-state index in [1.165, 1.54) is 0 Å². The molecule has 0 spiro atoms. The van der Waals surface area contributed by atoms with Gasteiger partial charge in [-0.3, -0.25) is 14.9 Å². The number of carbonyl (C=O) groups is 2. The lowest BCUT2D eigenvalue weighted by molar-refractivity contribution is 0.0919. The first-order valence-electron chi connectivity index (χ1n) is 6.10. The van der Waals surface area contributed by atoms with Crippen LogP contribution in [-0.4, -0.2) is 28.6 Å². The molecule has 2 rings (SSSR count). The maximum Gasteiger partial charge on any atom is 0.322 e. The summed E-state index contributed by atoms with van der Waals surface area (Å²) in [7, 11) is 0. The summed E-state index contributed by atoms with van der Waals surface area (Å²) in [6.07, 6.45) is 0. The van der Waals surface area contributed by atoms with Crippen molar-refractivity contribution < 1.29 is 14.0 Å². The van der Waals surface area contributed by atoms with Crippen LogP contribution < -0.4 is 10.6 Å². The van der Waals surface area contributed by atoms with Gasteiger partial charge in [0, 0.05) is 12.1 Å². The molecular weight excluding hydrogens is 260 g/mol. The highest BCUT2D eigenvalue weighted by Gasteiger charge is 2.16. The van der Waals surface area contributed by atoms with Gasteiger partial charge in [0.2, 0.25) is 0 Å². The fraction of sp³-hybridized carbons (Fsp3) is 0.231. The van der Waals surface area contributed by atoms with Crippen LogP contribution in [0.3, 0.4) is 0 Å². The third-order valence-corrected chi connectivity index (χ3v) is 2.46. The van der Waals surface area contributed by atoms with Crippen molar-refractivity contribution in [2.24, 2.45) is 0 Å². The second kappa shape index (κ2) is 5.96. The van der Waals surface area contributed by atoms with E-state index in [-0.39, 0.29) is 17.8 Å². The van der Waals surface area contributed by atoms with E-state index in [9.17, 15) is 9.59 Å². The Bertz CT molecular complexity index is 636. The quantitative estimate of drug-likeness (QED) is 0.877. The number of benzene rings is 1. The third-order valence-electron chi connectivity index (χ3n) is 2.46. The molecule has 20 heavy (non-hydrogen) atoms. The third kappa shape index (κ3) is 3.19.